The van der Waals surface area contributed by atoms with Crippen molar-refractivity contribution < 1.29 is 28.7 Å². The summed E-state index contributed by atoms with van der Waals surface area (Å²) in [6.45, 7) is -0.480. The predicted molar refractivity (Wildman–Crippen MR) is 129 cm³/mol. The maximum atomic E-state index is 13.1. The highest BCUT2D eigenvalue weighted by molar-refractivity contribution is 6.32. The van der Waals surface area contributed by atoms with Crippen molar-refractivity contribution in [2.24, 2.45) is 23.7 Å². The number of anilines is 2. The molecular formula is C25H22Cl2N2O6. The second-order valence-electron chi connectivity index (χ2n) is 8.92. The van der Waals surface area contributed by atoms with Crippen molar-refractivity contribution in [2.45, 2.75) is 17.2 Å². The van der Waals surface area contributed by atoms with Crippen LogP contribution in [0.5, 0.6) is 5.75 Å². The second-order valence-corrected chi connectivity index (χ2v) is 9.93. The Morgan fingerprint density at radius 1 is 1.00 bits per heavy atom. The lowest BCUT2D eigenvalue weighted by Gasteiger charge is -2.28. The first-order valence-electron chi connectivity index (χ1n) is 11.2. The van der Waals surface area contributed by atoms with E-state index in [1.165, 1.54) is 36.3 Å². The van der Waals surface area contributed by atoms with E-state index in [0.29, 0.717) is 23.5 Å². The summed E-state index contributed by atoms with van der Waals surface area (Å²) in [6.07, 6.45) is 0.694. The van der Waals surface area contributed by atoms with E-state index in [1.807, 2.05) is 0 Å². The summed E-state index contributed by atoms with van der Waals surface area (Å²) >= 11 is 12.8. The van der Waals surface area contributed by atoms with Gasteiger partial charge in [-0.3, -0.25) is 19.3 Å². The maximum absolute atomic E-state index is 13.1. The highest BCUT2D eigenvalue weighted by Gasteiger charge is 2.66. The molecule has 182 valence electrons. The molecule has 3 aliphatic rings. The van der Waals surface area contributed by atoms with E-state index in [4.69, 9.17) is 32.7 Å². The molecule has 2 aromatic rings. The summed E-state index contributed by atoms with van der Waals surface area (Å²) < 4.78 is 10.2. The van der Waals surface area contributed by atoms with E-state index in [-0.39, 0.29) is 40.0 Å². The second kappa shape index (κ2) is 9.17. The molecule has 2 bridgehead atoms. The van der Waals surface area contributed by atoms with Gasteiger partial charge in [-0.25, -0.2) is 4.79 Å². The quantitative estimate of drug-likeness (QED) is 0.358. The van der Waals surface area contributed by atoms with Crippen LogP contribution in [0.4, 0.5) is 11.4 Å². The van der Waals surface area contributed by atoms with E-state index < -0.39 is 30.3 Å². The molecule has 1 heterocycles. The van der Waals surface area contributed by atoms with Gasteiger partial charge >= 0.3 is 5.97 Å². The van der Waals surface area contributed by atoms with Gasteiger partial charge in [0.05, 0.1) is 41.0 Å². The average molecular weight is 517 g/mol. The Bertz CT molecular complexity index is 1170. The highest BCUT2D eigenvalue weighted by atomic mass is 35.5. The SMILES string of the molecule is COc1cccc(NC(=O)COC(=O)c2ccc(N3C(=O)[C@@H]4[C@H]5C[C@@H]([C@@H](Cl)[C@H]5Cl)[C@H]4C3=O)cc2)c1. The third-order valence-corrected chi connectivity index (χ3v) is 8.36. The number of methoxy groups -OCH3 is 1. The van der Waals surface area contributed by atoms with Crippen LogP contribution >= 0.6 is 23.2 Å². The molecule has 0 aromatic heterocycles. The van der Waals surface area contributed by atoms with Crippen LogP contribution in [0.15, 0.2) is 48.5 Å². The summed E-state index contributed by atoms with van der Waals surface area (Å²) in [4.78, 5) is 51.9. The smallest absolute Gasteiger partial charge is 0.338 e. The summed E-state index contributed by atoms with van der Waals surface area (Å²) in [5.41, 5.74) is 1.07. The van der Waals surface area contributed by atoms with Gasteiger partial charge in [0, 0.05) is 11.8 Å². The van der Waals surface area contributed by atoms with Gasteiger partial charge in [-0.2, -0.15) is 0 Å². The molecule has 35 heavy (non-hydrogen) atoms. The number of carbonyl (C=O) groups excluding carboxylic acids is 4. The molecule has 2 saturated carbocycles. The maximum Gasteiger partial charge on any atom is 0.338 e. The van der Waals surface area contributed by atoms with Crippen molar-refractivity contribution >= 4 is 58.3 Å². The summed E-state index contributed by atoms with van der Waals surface area (Å²) in [6, 6.07) is 12.7. The van der Waals surface area contributed by atoms with Crippen LogP contribution in [-0.4, -0.2) is 48.2 Å². The van der Waals surface area contributed by atoms with Crippen LogP contribution in [0, 0.1) is 23.7 Å². The number of benzene rings is 2. The van der Waals surface area contributed by atoms with E-state index in [2.05, 4.69) is 5.32 Å². The first kappa shape index (κ1) is 23.6. The van der Waals surface area contributed by atoms with Crippen LogP contribution in [0.25, 0.3) is 0 Å². The minimum absolute atomic E-state index is 0.104. The average Bonchev–Trinajstić information content (AvgIpc) is 3.47. The fourth-order valence-electron chi connectivity index (χ4n) is 5.46. The molecule has 3 amide bonds. The molecule has 1 saturated heterocycles. The number of fused-ring (bicyclic) bond motifs is 5. The largest absolute Gasteiger partial charge is 0.497 e. The normalized spacial score (nSPS) is 28.7. The molecule has 1 aliphatic heterocycles. The fourth-order valence-corrected chi connectivity index (χ4v) is 6.36. The summed E-state index contributed by atoms with van der Waals surface area (Å²) in [5, 5.41) is 1.98. The molecule has 5 rings (SSSR count). The number of rotatable bonds is 6. The van der Waals surface area contributed by atoms with Crippen LogP contribution in [-0.2, 0) is 19.1 Å². The molecule has 0 unspecified atom stereocenters. The van der Waals surface area contributed by atoms with Crippen LogP contribution in [0.1, 0.15) is 16.8 Å². The Balaban J connectivity index is 1.21. The Kier molecular flexibility index (Phi) is 6.19. The van der Waals surface area contributed by atoms with Crippen LogP contribution < -0.4 is 15.0 Å². The molecular weight excluding hydrogens is 495 g/mol. The van der Waals surface area contributed by atoms with Gasteiger partial charge in [0.15, 0.2) is 6.61 Å². The van der Waals surface area contributed by atoms with E-state index in [1.54, 1.807) is 24.3 Å². The highest BCUT2D eigenvalue weighted by Crippen LogP contribution is 2.59. The molecule has 8 nitrogen and oxygen atoms in total. The fraction of sp³-hybridized carbons (Fsp3) is 0.360. The summed E-state index contributed by atoms with van der Waals surface area (Å²) in [5.74, 6) is -2.28. The van der Waals surface area contributed by atoms with Gasteiger partial charge in [0.2, 0.25) is 11.8 Å². The minimum atomic E-state index is -0.707. The Morgan fingerprint density at radius 2 is 1.63 bits per heavy atom. The first-order valence-corrected chi connectivity index (χ1v) is 12.0. The molecule has 10 heteroatoms. The number of alkyl halides is 2. The van der Waals surface area contributed by atoms with Gasteiger partial charge in [-0.1, -0.05) is 6.07 Å². The Hall–Kier alpha value is -3.10. The Labute approximate surface area is 211 Å². The molecule has 0 radical (unpaired) electrons. The molecule has 1 N–H and O–H groups in total. The predicted octanol–water partition coefficient (Wildman–Crippen LogP) is 3.46. The van der Waals surface area contributed by atoms with Crippen LogP contribution in [0.3, 0.4) is 0 Å². The lowest BCUT2D eigenvalue weighted by Crippen LogP contribution is -2.37. The number of imide groups is 1. The number of amides is 3. The topological polar surface area (TPSA) is 102 Å². The van der Waals surface area contributed by atoms with Gasteiger partial charge in [0.25, 0.3) is 5.91 Å². The lowest BCUT2D eigenvalue weighted by molar-refractivity contribution is -0.123. The Morgan fingerprint density at radius 3 is 2.23 bits per heavy atom. The van der Waals surface area contributed by atoms with Gasteiger partial charge in [-0.05, 0) is 54.7 Å². The van der Waals surface area contributed by atoms with Gasteiger partial charge in [-0.15, -0.1) is 23.2 Å². The zero-order valence-corrected chi connectivity index (χ0v) is 20.2. The monoisotopic (exact) mass is 516 g/mol. The van der Waals surface area contributed by atoms with Crippen molar-refractivity contribution in [1.29, 1.82) is 0 Å². The standard InChI is InChI=1S/C25H22Cl2N2O6/c1-34-15-4-2-3-13(9-15)28-18(30)11-35-25(33)12-5-7-14(8-6-12)29-23(31)19-16-10-17(20(19)24(29)32)22(27)21(16)26/h2-9,16-17,19-22H,10-11H2,1H3,(H,28,30)/t16-,17-,19-,20-,21-,22+/m1/s1. The van der Waals surface area contributed by atoms with Gasteiger partial charge < -0.3 is 14.8 Å². The van der Waals surface area contributed by atoms with Crippen molar-refractivity contribution in [3.05, 3.63) is 54.1 Å². The summed E-state index contributed by atoms with van der Waals surface area (Å²) in [7, 11) is 1.52. The molecule has 3 fully saturated rings. The number of nitrogens with one attached hydrogen (secondary N) is 1. The van der Waals surface area contributed by atoms with Crippen molar-refractivity contribution in [1.82, 2.24) is 0 Å². The number of carbonyl (C=O) groups is 4. The zero-order valence-electron chi connectivity index (χ0n) is 18.6. The molecule has 2 aliphatic carbocycles. The molecule has 0 spiro atoms. The number of nitrogens with zero attached hydrogens (tertiary/aromatic N) is 1. The lowest BCUT2D eigenvalue weighted by atomic mass is 9.80. The van der Waals surface area contributed by atoms with Crippen molar-refractivity contribution in [3.8, 4) is 5.75 Å². The minimum Gasteiger partial charge on any atom is -0.497 e. The molecule has 6 atom stereocenters. The number of esters is 1. The van der Waals surface area contributed by atoms with Crippen molar-refractivity contribution in [2.75, 3.05) is 23.9 Å². The zero-order chi connectivity index (χ0) is 24.9. The van der Waals surface area contributed by atoms with Gasteiger partial charge in [0.1, 0.15) is 5.75 Å². The van der Waals surface area contributed by atoms with E-state index in [9.17, 15) is 19.2 Å². The van der Waals surface area contributed by atoms with Crippen molar-refractivity contribution in [3.63, 3.8) is 0 Å². The number of halogens is 2. The van der Waals surface area contributed by atoms with Crippen LogP contribution in [0.2, 0.25) is 0 Å². The number of hydrogen-bond acceptors (Lipinski definition) is 6. The first-order chi connectivity index (χ1) is 16.8. The third-order valence-electron chi connectivity index (χ3n) is 7.04. The number of hydrogen-bond donors (Lipinski definition) is 1. The molecule has 2 aromatic carbocycles. The van der Waals surface area contributed by atoms with E-state index in [0.717, 1.165) is 0 Å². The van der Waals surface area contributed by atoms with E-state index >= 15 is 0 Å². The number of ether oxygens (including phenoxy) is 2. The third kappa shape index (κ3) is 4.04.